The number of carboxylic acid groups (broad SMARTS) is 1. The van der Waals surface area contributed by atoms with Crippen molar-refractivity contribution in [1.29, 1.82) is 0 Å². The molecule has 0 unspecified atom stereocenters. The Bertz CT molecular complexity index is 532. The molecular weight excluding hydrogens is 366 g/mol. The van der Waals surface area contributed by atoms with E-state index in [0.29, 0.717) is 5.56 Å². The molecule has 0 bridgehead atoms. The van der Waals surface area contributed by atoms with Crippen molar-refractivity contribution >= 4 is 12.4 Å². The van der Waals surface area contributed by atoms with Crippen molar-refractivity contribution < 1.29 is 63.2 Å². The zero-order valence-corrected chi connectivity index (χ0v) is 17.6. The van der Waals surface area contributed by atoms with E-state index >= 15 is 0 Å². The molecule has 126 valence electrons. The Morgan fingerprint density at radius 2 is 1.43 bits per heavy atom. The van der Waals surface area contributed by atoms with Crippen molar-refractivity contribution in [3.05, 3.63) is 28.8 Å². The van der Waals surface area contributed by atoms with E-state index in [-0.39, 0.29) is 72.0 Å². The molecule has 1 aromatic rings. The van der Waals surface area contributed by atoms with Gasteiger partial charge in [0, 0.05) is 49.0 Å². The molecular formula is C16H25NO4Ti2. The average Bonchev–Trinajstić information content (AvgIpc) is 2.26. The molecule has 0 fully saturated rings. The van der Waals surface area contributed by atoms with E-state index in [9.17, 15) is 15.0 Å². The summed E-state index contributed by atoms with van der Waals surface area (Å²) in [4.78, 5) is 19.8. The standard InChI is InChI=1S/C15H22O3.CH3NO.2Ti/c1-14(2,3)9-7-10(13(17)18)12(16)11(8-9)15(4,5)6;2-1-3;;/h7-8,16H,1-6H3,(H,17,18);1H,(H2,2,3);;. The van der Waals surface area contributed by atoms with Crippen LogP contribution >= 0.6 is 0 Å². The number of phenols is 1. The average molecular weight is 391 g/mol. The summed E-state index contributed by atoms with van der Waals surface area (Å²) in [5, 5.41) is 19.3. The van der Waals surface area contributed by atoms with Crippen LogP contribution in [0.25, 0.3) is 0 Å². The Morgan fingerprint density at radius 3 is 1.70 bits per heavy atom. The molecule has 0 spiro atoms. The Balaban J connectivity index is -0.000000740. The number of hydrogen-bond acceptors (Lipinski definition) is 3. The van der Waals surface area contributed by atoms with Crippen LogP contribution in [0, 0.1) is 0 Å². The molecule has 0 saturated heterocycles. The summed E-state index contributed by atoms with van der Waals surface area (Å²) in [6.07, 6.45) is 0.250. The van der Waals surface area contributed by atoms with Crippen LogP contribution in [0.3, 0.4) is 0 Å². The van der Waals surface area contributed by atoms with E-state index in [0.717, 1.165) is 5.56 Å². The third kappa shape index (κ3) is 8.16. The predicted molar refractivity (Wildman–Crippen MR) is 82.7 cm³/mol. The summed E-state index contributed by atoms with van der Waals surface area (Å²) in [5.74, 6) is -1.22. The molecule has 0 radical (unpaired) electrons. The van der Waals surface area contributed by atoms with Crippen LogP contribution in [0.2, 0.25) is 0 Å². The van der Waals surface area contributed by atoms with Crippen molar-refractivity contribution in [2.45, 2.75) is 52.4 Å². The molecule has 7 heteroatoms. The van der Waals surface area contributed by atoms with Gasteiger partial charge in [-0.1, -0.05) is 47.6 Å². The molecule has 0 atom stereocenters. The van der Waals surface area contributed by atoms with Gasteiger partial charge >= 0.3 is 5.97 Å². The van der Waals surface area contributed by atoms with Crippen LogP contribution < -0.4 is 5.73 Å². The molecule has 0 aliphatic carbocycles. The summed E-state index contributed by atoms with van der Waals surface area (Å²) in [6.45, 7) is 12.0. The van der Waals surface area contributed by atoms with Gasteiger partial charge in [0.1, 0.15) is 11.3 Å². The van der Waals surface area contributed by atoms with Crippen LogP contribution in [0.4, 0.5) is 0 Å². The van der Waals surface area contributed by atoms with Gasteiger partial charge in [-0.3, -0.25) is 4.79 Å². The summed E-state index contributed by atoms with van der Waals surface area (Å²) in [5.41, 5.74) is 5.29. The van der Waals surface area contributed by atoms with Gasteiger partial charge in [-0.25, -0.2) is 4.79 Å². The van der Waals surface area contributed by atoms with Gasteiger partial charge < -0.3 is 15.9 Å². The minimum Gasteiger partial charge on any atom is -0.507 e. The van der Waals surface area contributed by atoms with Crippen LogP contribution in [0.5, 0.6) is 5.75 Å². The Morgan fingerprint density at radius 1 is 1.04 bits per heavy atom. The first kappa shape index (κ1) is 27.2. The number of aromatic hydroxyl groups is 1. The van der Waals surface area contributed by atoms with Gasteiger partial charge in [0.05, 0.1) is 0 Å². The Kier molecular flexibility index (Phi) is 12.2. The van der Waals surface area contributed by atoms with E-state index < -0.39 is 5.97 Å². The zero-order valence-electron chi connectivity index (χ0n) is 14.5. The Labute approximate surface area is 167 Å². The maximum absolute atomic E-state index is 11.2. The second-order valence-electron chi connectivity index (χ2n) is 6.86. The predicted octanol–water partition coefficient (Wildman–Crippen LogP) is 2.78. The number of rotatable bonds is 1. The second-order valence-corrected chi connectivity index (χ2v) is 6.86. The normalized spacial score (nSPS) is 10.3. The molecule has 0 saturated carbocycles. The molecule has 0 heterocycles. The number of nitrogens with two attached hydrogens (primary N) is 1. The summed E-state index contributed by atoms with van der Waals surface area (Å²) in [6, 6.07) is 3.47. The molecule has 1 rings (SSSR count). The first-order valence-corrected chi connectivity index (χ1v) is 6.63. The minimum absolute atomic E-state index is 0. The molecule has 5 nitrogen and oxygen atoms in total. The number of carbonyl (C=O) groups is 2. The quantitative estimate of drug-likeness (QED) is 0.506. The fourth-order valence-electron chi connectivity index (χ4n) is 1.80. The van der Waals surface area contributed by atoms with Crippen LogP contribution in [-0.4, -0.2) is 22.6 Å². The molecule has 4 N–H and O–H groups in total. The van der Waals surface area contributed by atoms with E-state index in [4.69, 9.17) is 4.79 Å². The van der Waals surface area contributed by atoms with Gasteiger partial charge in [-0.15, -0.1) is 0 Å². The van der Waals surface area contributed by atoms with Gasteiger partial charge in [-0.2, -0.15) is 0 Å². The van der Waals surface area contributed by atoms with Crippen LogP contribution in [0.1, 0.15) is 63.0 Å². The monoisotopic (exact) mass is 391 g/mol. The SMILES string of the molecule is CC(C)(C)c1cc(C(=O)O)c(O)c(C(C)(C)C)c1.NC=O.[Ti].[Ti]. The first-order chi connectivity index (χ1) is 9.36. The van der Waals surface area contributed by atoms with Crippen LogP contribution in [0.15, 0.2) is 12.1 Å². The number of hydrogen-bond donors (Lipinski definition) is 3. The largest absolute Gasteiger partial charge is 0.507 e. The van der Waals surface area contributed by atoms with E-state index in [1.165, 1.54) is 0 Å². The van der Waals surface area contributed by atoms with Crippen molar-refractivity contribution in [1.82, 2.24) is 0 Å². The number of benzene rings is 1. The summed E-state index contributed by atoms with van der Waals surface area (Å²) in [7, 11) is 0. The third-order valence-corrected chi connectivity index (χ3v) is 3.01. The van der Waals surface area contributed by atoms with Crippen molar-refractivity contribution in [2.75, 3.05) is 0 Å². The summed E-state index contributed by atoms with van der Waals surface area (Å²) < 4.78 is 0. The maximum atomic E-state index is 11.2. The van der Waals surface area contributed by atoms with Crippen molar-refractivity contribution in [3.63, 3.8) is 0 Å². The number of amides is 1. The smallest absolute Gasteiger partial charge is 0.339 e. The van der Waals surface area contributed by atoms with E-state index in [2.05, 4.69) is 5.73 Å². The number of aromatic carboxylic acids is 1. The fraction of sp³-hybridized carbons (Fsp3) is 0.500. The topological polar surface area (TPSA) is 101 Å². The fourth-order valence-corrected chi connectivity index (χ4v) is 1.80. The van der Waals surface area contributed by atoms with Crippen LogP contribution in [-0.2, 0) is 59.1 Å². The van der Waals surface area contributed by atoms with Crippen molar-refractivity contribution in [3.8, 4) is 5.75 Å². The molecule has 1 aromatic carbocycles. The molecule has 0 aliphatic rings. The van der Waals surface area contributed by atoms with E-state index in [1.807, 2.05) is 47.6 Å². The number of carbonyl (C=O) groups excluding carboxylic acids is 1. The zero-order chi connectivity index (χ0) is 17.0. The van der Waals surface area contributed by atoms with Crippen molar-refractivity contribution in [2.24, 2.45) is 5.73 Å². The third-order valence-electron chi connectivity index (χ3n) is 3.01. The van der Waals surface area contributed by atoms with Gasteiger partial charge in [0.25, 0.3) is 0 Å². The van der Waals surface area contributed by atoms with Gasteiger partial charge in [0.2, 0.25) is 6.41 Å². The van der Waals surface area contributed by atoms with Gasteiger partial charge in [-0.05, 0) is 22.5 Å². The summed E-state index contributed by atoms with van der Waals surface area (Å²) >= 11 is 0. The van der Waals surface area contributed by atoms with E-state index in [1.54, 1.807) is 6.07 Å². The molecule has 0 aromatic heterocycles. The first-order valence-electron chi connectivity index (χ1n) is 6.63. The minimum atomic E-state index is -1.09. The molecule has 0 aliphatic heterocycles. The maximum Gasteiger partial charge on any atom is 0.339 e. The van der Waals surface area contributed by atoms with Gasteiger partial charge in [0.15, 0.2) is 0 Å². The number of primary amides is 1. The molecule has 1 amide bonds. The molecule has 23 heavy (non-hydrogen) atoms. The Hall–Kier alpha value is -0.611. The second kappa shape index (κ2) is 10.3. The number of carboxylic acids is 1.